The molecule has 3 heterocycles. The Morgan fingerprint density at radius 2 is 2.29 bits per heavy atom. The van der Waals surface area contributed by atoms with E-state index in [1.807, 2.05) is 18.3 Å². The van der Waals surface area contributed by atoms with E-state index in [9.17, 15) is 0 Å². The zero-order valence-corrected chi connectivity index (χ0v) is 12.7. The summed E-state index contributed by atoms with van der Waals surface area (Å²) in [4.78, 5) is 6.80. The monoisotopic (exact) mass is 286 g/mol. The highest BCUT2D eigenvalue weighted by molar-refractivity contribution is 5.40. The van der Waals surface area contributed by atoms with Gasteiger partial charge in [0.2, 0.25) is 0 Å². The molecule has 1 aromatic rings. The topological polar surface area (TPSA) is 40.6 Å². The van der Waals surface area contributed by atoms with Crippen LogP contribution in [0.15, 0.2) is 47.4 Å². The quantitative estimate of drug-likeness (QED) is 0.889. The van der Waals surface area contributed by atoms with Gasteiger partial charge in [-0.05, 0) is 25.1 Å². The van der Waals surface area contributed by atoms with Crippen LogP contribution >= 0.6 is 0 Å². The Kier molecular flexibility index (Phi) is 4.22. The summed E-state index contributed by atoms with van der Waals surface area (Å²) < 4.78 is 5.15. The Morgan fingerprint density at radius 1 is 1.38 bits per heavy atom. The van der Waals surface area contributed by atoms with Gasteiger partial charge in [0.15, 0.2) is 0 Å². The first-order chi connectivity index (χ1) is 10.3. The predicted octanol–water partition coefficient (Wildman–Crippen LogP) is 1.52. The van der Waals surface area contributed by atoms with Gasteiger partial charge in [-0.25, -0.2) is 5.01 Å². The van der Waals surface area contributed by atoms with Crippen LogP contribution in [0.2, 0.25) is 0 Å². The van der Waals surface area contributed by atoms with Crippen LogP contribution in [0, 0.1) is 0 Å². The molecule has 1 saturated heterocycles. The Bertz CT molecular complexity index is 553. The van der Waals surface area contributed by atoms with Crippen molar-refractivity contribution in [1.29, 1.82) is 0 Å². The van der Waals surface area contributed by atoms with E-state index in [2.05, 4.69) is 39.4 Å². The first-order valence-corrected chi connectivity index (χ1v) is 7.33. The molecule has 5 nitrogen and oxygen atoms in total. The number of fused-ring (bicyclic) bond motifs is 1. The van der Waals surface area contributed by atoms with Gasteiger partial charge in [-0.2, -0.15) is 0 Å². The molecule has 5 heteroatoms. The number of methoxy groups -OCH3 is 1. The molecule has 0 atom stereocenters. The molecule has 2 aliphatic rings. The van der Waals surface area contributed by atoms with E-state index in [0.29, 0.717) is 0 Å². The zero-order chi connectivity index (χ0) is 14.7. The third-order valence-corrected chi connectivity index (χ3v) is 4.02. The lowest BCUT2D eigenvalue weighted by atomic mass is 10.1. The molecule has 0 unspecified atom stereocenters. The van der Waals surface area contributed by atoms with Crippen LogP contribution in [-0.4, -0.2) is 48.2 Å². The van der Waals surface area contributed by atoms with Crippen molar-refractivity contribution in [3.63, 3.8) is 0 Å². The molecule has 0 radical (unpaired) electrons. The summed E-state index contributed by atoms with van der Waals surface area (Å²) in [5.74, 6) is 0. The third kappa shape index (κ3) is 3.09. The highest BCUT2D eigenvalue weighted by atomic mass is 16.5. The van der Waals surface area contributed by atoms with Gasteiger partial charge in [0.25, 0.3) is 0 Å². The van der Waals surface area contributed by atoms with Gasteiger partial charge in [0, 0.05) is 44.2 Å². The van der Waals surface area contributed by atoms with Crippen molar-refractivity contribution in [3.05, 3.63) is 53.1 Å². The first-order valence-electron chi connectivity index (χ1n) is 7.33. The van der Waals surface area contributed by atoms with Crippen molar-refractivity contribution >= 4 is 0 Å². The van der Waals surface area contributed by atoms with Gasteiger partial charge < -0.3 is 15.1 Å². The molecule has 1 aromatic heterocycles. The molecular formula is C16H22N4O. The second kappa shape index (κ2) is 6.28. The van der Waals surface area contributed by atoms with E-state index < -0.39 is 0 Å². The van der Waals surface area contributed by atoms with E-state index in [0.717, 1.165) is 38.5 Å². The maximum atomic E-state index is 5.15. The van der Waals surface area contributed by atoms with E-state index in [1.165, 1.54) is 17.0 Å². The molecule has 0 amide bonds. The molecular weight excluding hydrogens is 264 g/mol. The van der Waals surface area contributed by atoms with Crippen LogP contribution in [-0.2, 0) is 11.3 Å². The number of nitrogens with one attached hydrogen (secondary N) is 1. The van der Waals surface area contributed by atoms with E-state index in [1.54, 1.807) is 7.11 Å². The van der Waals surface area contributed by atoms with Crippen LogP contribution in [0.5, 0.6) is 0 Å². The summed E-state index contributed by atoms with van der Waals surface area (Å²) >= 11 is 0. The predicted molar refractivity (Wildman–Crippen MR) is 82.0 cm³/mol. The molecule has 2 aliphatic heterocycles. The van der Waals surface area contributed by atoms with Gasteiger partial charge in [-0.15, -0.1) is 0 Å². The second-order valence-corrected chi connectivity index (χ2v) is 5.41. The van der Waals surface area contributed by atoms with Crippen molar-refractivity contribution in [2.24, 2.45) is 0 Å². The van der Waals surface area contributed by atoms with Crippen molar-refractivity contribution in [3.8, 4) is 0 Å². The highest BCUT2D eigenvalue weighted by Crippen LogP contribution is 2.27. The van der Waals surface area contributed by atoms with Gasteiger partial charge in [0.05, 0.1) is 24.5 Å². The minimum Gasteiger partial charge on any atom is -0.383 e. The smallest absolute Gasteiger partial charge is 0.0608 e. The summed E-state index contributed by atoms with van der Waals surface area (Å²) in [5.41, 5.74) is 8.54. The summed E-state index contributed by atoms with van der Waals surface area (Å²) in [7, 11) is 1.74. The first kappa shape index (κ1) is 14.1. The van der Waals surface area contributed by atoms with Crippen LogP contribution in [0.1, 0.15) is 12.6 Å². The zero-order valence-electron chi connectivity index (χ0n) is 12.7. The summed E-state index contributed by atoms with van der Waals surface area (Å²) in [6, 6.07) is 6.08. The minimum absolute atomic E-state index is 0.740. The Hall–Kier alpha value is -1.85. The average Bonchev–Trinajstić information content (AvgIpc) is 2.93. The summed E-state index contributed by atoms with van der Waals surface area (Å²) in [6.45, 7) is 6.55. The number of hydrazine groups is 1. The number of hydrogen-bond acceptors (Lipinski definition) is 5. The Labute approximate surface area is 125 Å². The molecule has 21 heavy (non-hydrogen) atoms. The maximum Gasteiger partial charge on any atom is 0.0608 e. The lowest BCUT2D eigenvalue weighted by Gasteiger charge is -2.28. The van der Waals surface area contributed by atoms with Crippen molar-refractivity contribution in [1.82, 2.24) is 20.3 Å². The highest BCUT2D eigenvalue weighted by Gasteiger charge is 2.27. The molecule has 0 aliphatic carbocycles. The van der Waals surface area contributed by atoms with Gasteiger partial charge in [-0.3, -0.25) is 4.98 Å². The summed E-state index contributed by atoms with van der Waals surface area (Å²) in [5, 5.41) is 2.21. The molecule has 1 fully saturated rings. The number of nitrogens with zero attached hydrogens (tertiary/aromatic N) is 3. The molecule has 112 valence electrons. The van der Waals surface area contributed by atoms with E-state index >= 15 is 0 Å². The van der Waals surface area contributed by atoms with Crippen molar-refractivity contribution < 1.29 is 4.74 Å². The van der Waals surface area contributed by atoms with Crippen molar-refractivity contribution in [2.75, 3.05) is 33.4 Å². The molecule has 0 aromatic carbocycles. The number of allylic oxidation sites excluding steroid dienone is 1. The number of hydrogen-bond donors (Lipinski definition) is 1. The second-order valence-electron chi connectivity index (χ2n) is 5.41. The SMILES string of the molecule is COCCN1CC2=C(C)N(Cc3ccccn3)CC=C2N1. The van der Waals surface area contributed by atoms with Gasteiger partial charge >= 0.3 is 0 Å². The molecule has 0 spiro atoms. The third-order valence-electron chi connectivity index (χ3n) is 4.02. The maximum absolute atomic E-state index is 5.15. The molecule has 0 bridgehead atoms. The van der Waals surface area contributed by atoms with E-state index in [4.69, 9.17) is 4.74 Å². The van der Waals surface area contributed by atoms with E-state index in [-0.39, 0.29) is 0 Å². The van der Waals surface area contributed by atoms with Gasteiger partial charge in [-0.1, -0.05) is 6.07 Å². The molecule has 1 N–H and O–H groups in total. The fraction of sp³-hybridized carbons (Fsp3) is 0.438. The lowest BCUT2D eigenvalue weighted by molar-refractivity contribution is 0.143. The normalized spacial score (nSPS) is 18.6. The lowest BCUT2D eigenvalue weighted by Crippen LogP contribution is -2.33. The fourth-order valence-corrected chi connectivity index (χ4v) is 2.77. The van der Waals surface area contributed by atoms with Crippen LogP contribution in [0.25, 0.3) is 0 Å². The number of ether oxygens (including phenoxy) is 1. The minimum atomic E-state index is 0.740. The van der Waals surface area contributed by atoms with Crippen LogP contribution < -0.4 is 5.43 Å². The average molecular weight is 286 g/mol. The largest absolute Gasteiger partial charge is 0.383 e. The van der Waals surface area contributed by atoms with Crippen molar-refractivity contribution in [2.45, 2.75) is 13.5 Å². The van der Waals surface area contributed by atoms with Crippen LogP contribution in [0.4, 0.5) is 0 Å². The molecule has 0 saturated carbocycles. The fourth-order valence-electron chi connectivity index (χ4n) is 2.77. The number of rotatable bonds is 5. The van der Waals surface area contributed by atoms with Gasteiger partial charge in [0.1, 0.15) is 0 Å². The number of aromatic nitrogens is 1. The number of pyridine rings is 1. The summed E-state index contributed by atoms with van der Waals surface area (Å²) in [6.07, 6.45) is 4.12. The Morgan fingerprint density at radius 3 is 3.05 bits per heavy atom. The molecule has 3 rings (SSSR count). The Balaban J connectivity index is 1.70. The van der Waals surface area contributed by atoms with Crippen LogP contribution in [0.3, 0.4) is 0 Å². The standard InChI is InChI=1S/C16H22N4O/c1-13-15-12-20(9-10-21-2)18-16(15)6-8-19(13)11-14-5-3-4-7-17-14/h3-7,18H,8-12H2,1-2H3.